The number of benzene rings is 2. The van der Waals surface area contributed by atoms with Gasteiger partial charge in [-0.2, -0.15) is 4.98 Å². The van der Waals surface area contributed by atoms with Crippen molar-refractivity contribution in [1.82, 2.24) is 9.55 Å². The second-order valence-corrected chi connectivity index (χ2v) is 14.6. The third-order valence-electron chi connectivity index (χ3n) is 6.86. The standard InChI is InChI=1S/C27H34N2O5Si/c1-18-16-29-19(2)24(34-26(29)28-25(18)32)23(31)22(30)17-33-35(27(3,4)5,20-12-8-6-9-13-20)21-14-10-7-11-15-21/h6-16,19,22-24,30-31H,17H2,1-5H3/t19-,22-,23?,24?/m1/s1. The Bertz CT molecular complexity index is 1170. The summed E-state index contributed by atoms with van der Waals surface area (Å²) in [7, 11) is -2.86. The lowest BCUT2D eigenvalue weighted by atomic mass is 10.0. The molecule has 0 saturated carbocycles. The zero-order valence-electron chi connectivity index (χ0n) is 20.9. The summed E-state index contributed by atoms with van der Waals surface area (Å²) >= 11 is 0. The van der Waals surface area contributed by atoms with Gasteiger partial charge in [0.15, 0.2) is 6.10 Å². The van der Waals surface area contributed by atoms with Crippen molar-refractivity contribution in [3.05, 3.63) is 82.8 Å². The van der Waals surface area contributed by atoms with Gasteiger partial charge in [-0.25, -0.2) is 0 Å². The van der Waals surface area contributed by atoms with Gasteiger partial charge in [-0.15, -0.1) is 0 Å². The lowest BCUT2D eigenvalue weighted by Crippen LogP contribution is -2.67. The molecular formula is C27H34N2O5Si. The molecule has 0 saturated heterocycles. The number of ether oxygens (including phenoxy) is 1. The maximum absolute atomic E-state index is 11.9. The molecule has 1 aliphatic heterocycles. The molecule has 7 nitrogen and oxygen atoms in total. The molecule has 3 aromatic rings. The van der Waals surface area contributed by atoms with Gasteiger partial charge in [0.1, 0.15) is 12.2 Å². The maximum Gasteiger partial charge on any atom is 0.300 e. The van der Waals surface area contributed by atoms with Gasteiger partial charge in [-0.1, -0.05) is 81.4 Å². The van der Waals surface area contributed by atoms with Crippen molar-refractivity contribution < 1.29 is 19.4 Å². The van der Waals surface area contributed by atoms with Crippen LogP contribution >= 0.6 is 0 Å². The van der Waals surface area contributed by atoms with Crippen LogP contribution in [0.2, 0.25) is 5.04 Å². The molecule has 2 aromatic carbocycles. The molecule has 8 heteroatoms. The van der Waals surface area contributed by atoms with Crippen LogP contribution < -0.4 is 20.7 Å². The fourth-order valence-electron chi connectivity index (χ4n) is 4.95. The minimum Gasteiger partial charge on any atom is -0.456 e. The number of fused-ring (bicyclic) bond motifs is 1. The second-order valence-electron chi connectivity index (χ2n) is 10.3. The summed E-state index contributed by atoms with van der Waals surface area (Å²) in [5, 5.41) is 24.1. The first-order chi connectivity index (χ1) is 16.6. The first kappa shape index (κ1) is 25.3. The monoisotopic (exact) mass is 494 g/mol. The number of aliphatic hydroxyl groups excluding tert-OH is 2. The Labute approximate surface area is 207 Å². The topological polar surface area (TPSA) is 93.8 Å². The predicted molar refractivity (Wildman–Crippen MR) is 138 cm³/mol. The quantitative estimate of drug-likeness (QED) is 0.489. The van der Waals surface area contributed by atoms with Crippen LogP contribution in [0.15, 0.2) is 71.7 Å². The van der Waals surface area contributed by atoms with Crippen molar-refractivity contribution in [1.29, 1.82) is 0 Å². The first-order valence-corrected chi connectivity index (χ1v) is 13.8. The Morgan fingerprint density at radius 3 is 2.11 bits per heavy atom. The molecule has 0 radical (unpaired) electrons. The van der Waals surface area contributed by atoms with E-state index in [0.29, 0.717) is 5.56 Å². The van der Waals surface area contributed by atoms with Gasteiger partial charge in [-0.05, 0) is 29.3 Å². The van der Waals surface area contributed by atoms with Crippen LogP contribution in [0.1, 0.15) is 39.3 Å². The van der Waals surface area contributed by atoms with Crippen LogP contribution in [-0.4, -0.2) is 53.0 Å². The van der Waals surface area contributed by atoms with E-state index in [2.05, 4.69) is 50.0 Å². The van der Waals surface area contributed by atoms with Crippen LogP contribution in [0.25, 0.3) is 0 Å². The molecule has 0 fully saturated rings. The molecular weight excluding hydrogens is 460 g/mol. The highest BCUT2D eigenvalue weighted by atomic mass is 28.4. The average Bonchev–Trinajstić information content (AvgIpc) is 3.14. The molecule has 2 unspecified atom stereocenters. The van der Waals surface area contributed by atoms with Gasteiger partial charge in [0.05, 0.1) is 12.6 Å². The van der Waals surface area contributed by atoms with Crippen molar-refractivity contribution >= 4 is 18.7 Å². The number of nitrogens with zero attached hydrogens (tertiary/aromatic N) is 2. The minimum absolute atomic E-state index is 0.0682. The zero-order chi connectivity index (χ0) is 25.4. The molecule has 2 heterocycles. The molecule has 1 aliphatic rings. The fraction of sp³-hybridized carbons (Fsp3) is 0.407. The van der Waals surface area contributed by atoms with Gasteiger partial charge >= 0.3 is 6.01 Å². The van der Waals surface area contributed by atoms with Crippen molar-refractivity contribution in [3.63, 3.8) is 0 Å². The summed E-state index contributed by atoms with van der Waals surface area (Å²) < 4.78 is 14.3. The second kappa shape index (κ2) is 9.70. The van der Waals surface area contributed by atoms with Crippen molar-refractivity contribution in [2.45, 2.75) is 64.0 Å². The number of aromatic nitrogens is 2. The van der Waals surface area contributed by atoms with E-state index in [0.717, 1.165) is 10.4 Å². The third kappa shape index (κ3) is 4.59. The summed E-state index contributed by atoms with van der Waals surface area (Å²) in [5.41, 5.74) is 0.129. The van der Waals surface area contributed by atoms with E-state index in [1.807, 2.05) is 43.3 Å². The number of aliphatic hydroxyl groups is 2. The van der Waals surface area contributed by atoms with Crippen molar-refractivity contribution in [2.24, 2.45) is 0 Å². The molecule has 0 aliphatic carbocycles. The highest BCUT2D eigenvalue weighted by Crippen LogP contribution is 2.37. The third-order valence-corrected chi connectivity index (χ3v) is 11.9. The molecule has 186 valence electrons. The lowest BCUT2D eigenvalue weighted by Gasteiger charge is -2.43. The molecule has 4 atom stereocenters. The van der Waals surface area contributed by atoms with E-state index in [1.54, 1.807) is 17.7 Å². The minimum atomic E-state index is -2.86. The van der Waals surface area contributed by atoms with E-state index in [9.17, 15) is 15.0 Å². The van der Waals surface area contributed by atoms with Crippen molar-refractivity contribution in [2.75, 3.05) is 6.61 Å². The maximum atomic E-state index is 11.9. The van der Waals surface area contributed by atoms with E-state index in [1.165, 1.54) is 0 Å². The predicted octanol–water partition coefficient (Wildman–Crippen LogP) is 2.17. The Morgan fingerprint density at radius 1 is 1.06 bits per heavy atom. The molecule has 0 bridgehead atoms. The zero-order valence-corrected chi connectivity index (χ0v) is 21.9. The molecule has 0 spiro atoms. The average molecular weight is 495 g/mol. The van der Waals surface area contributed by atoms with E-state index < -0.39 is 26.6 Å². The molecule has 35 heavy (non-hydrogen) atoms. The van der Waals surface area contributed by atoms with Gasteiger partial charge in [0.2, 0.25) is 0 Å². The van der Waals surface area contributed by atoms with Gasteiger partial charge in [0.25, 0.3) is 13.9 Å². The van der Waals surface area contributed by atoms with Gasteiger partial charge in [-0.3, -0.25) is 9.36 Å². The van der Waals surface area contributed by atoms with Crippen LogP contribution in [0, 0.1) is 6.92 Å². The molecule has 1 aromatic heterocycles. The van der Waals surface area contributed by atoms with Gasteiger partial charge < -0.3 is 19.4 Å². The fourth-order valence-corrected chi connectivity index (χ4v) is 9.53. The van der Waals surface area contributed by atoms with Crippen LogP contribution in [0.3, 0.4) is 0 Å². The number of hydrogen-bond donors (Lipinski definition) is 2. The highest BCUT2D eigenvalue weighted by molar-refractivity contribution is 6.99. The van der Waals surface area contributed by atoms with Gasteiger partial charge in [0, 0.05) is 11.8 Å². The number of hydrogen-bond acceptors (Lipinski definition) is 6. The molecule has 0 amide bonds. The van der Waals surface area contributed by atoms with Crippen LogP contribution in [-0.2, 0) is 4.43 Å². The van der Waals surface area contributed by atoms with Crippen molar-refractivity contribution in [3.8, 4) is 6.01 Å². The molecule has 2 N–H and O–H groups in total. The van der Waals surface area contributed by atoms with E-state index in [4.69, 9.17) is 9.16 Å². The Balaban J connectivity index is 1.61. The Hall–Kier alpha value is -2.78. The van der Waals surface area contributed by atoms with E-state index >= 15 is 0 Å². The first-order valence-electron chi connectivity index (χ1n) is 11.9. The summed E-state index contributed by atoms with van der Waals surface area (Å²) in [6.07, 6.45) is -1.53. The summed E-state index contributed by atoms with van der Waals surface area (Å²) in [5.74, 6) is 0. The largest absolute Gasteiger partial charge is 0.456 e. The number of aryl methyl sites for hydroxylation is 1. The molecule has 4 rings (SSSR count). The highest BCUT2D eigenvalue weighted by Gasteiger charge is 2.51. The van der Waals surface area contributed by atoms with Crippen LogP contribution in [0.5, 0.6) is 6.01 Å². The lowest BCUT2D eigenvalue weighted by molar-refractivity contribution is -0.0665. The summed E-state index contributed by atoms with van der Waals surface area (Å²) in [6, 6.07) is 20.1. The Morgan fingerprint density at radius 2 is 1.60 bits per heavy atom. The normalized spacial score (nSPS) is 19.6. The summed E-state index contributed by atoms with van der Waals surface area (Å²) in [6.45, 7) is 9.96. The summed E-state index contributed by atoms with van der Waals surface area (Å²) in [4.78, 5) is 15.9. The Kier molecular flexibility index (Phi) is 7.01. The van der Waals surface area contributed by atoms with E-state index in [-0.39, 0.29) is 29.3 Å². The number of rotatable bonds is 7. The SMILES string of the molecule is Cc1cn2c(nc1=O)OC(C(O)[C@H](O)CO[Si](c1ccccc1)(c1ccccc1)C(C)(C)C)[C@H]2C. The van der Waals surface area contributed by atoms with Crippen LogP contribution in [0.4, 0.5) is 0 Å². The smallest absolute Gasteiger partial charge is 0.300 e.